The fourth-order valence-corrected chi connectivity index (χ4v) is 1.39. The van der Waals surface area contributed by atoms with Crippen LogP contribution in [0, 0.1) is 0 Å². The number of aromatic nitrogens is 1. The molecule has 0 aliphatic rings. The van der Waals surface area contributed by atoms with Gasteiger partial charge in [-0.25, -0.2) is 0 Å². The number of hydrogen-bond donors (Lipinski definition) is 1. The Balaban J connectivity index is 2.61. The third-order valence-corrected chi connectivity index (χ3v) is 2.27. The van der Waals surface area contributed by atoms with Crippen molar-refractivity contribution in [2.45, 2.75) is 13.5 Å². The molecule has 4 heteroatoms. The number of likely N-dealkylation sites (N-methyl/N-ethyl adjacent to an activating group) is 1. The van der Waals surface area contributed by atoms with Crippen LogP contribution >= 0.6 is 0 Å². The molecule has 0 radical (unpaired) electrons. The number of aliphatic hydroxyl groups is 1. The van der Waals surface area contributed by atoms with Crippen LogP contribution in [0.1, 0.15) is 12.6 Å². The predicted molar refractivity (Wildman–Crippen MR) is 58.8 cm³/mol. The summed E-state index contributed by atoms with van der Waals surface area (Å²) >= 11 is 0. The number of aliphatic hydroxyl groups excluding tert-OH is 1. The first-order chi connectivity index (χ1) is 7.30. The average molecular weight is 210 g/mol. The van der Waals surface area contributed by atoms with E-state index in [1.165, 1.54) is 0 Å². The average Bonchev–Trinajstić information content (AvgIpc) is 2.29. The molecule has 1 heterocycles. The molecular formula is C11H18N2O2. The van der Waals surface area contributed by atoms with Crippen LogP contribution in [0.2, 0.25) is 0 Å². The molecule has 0 saturated carbocycles. The Labute approximate surface area is 90.5 Å². The zero-order chi connectivity index (χ0) is 11.1. The lowest BCUT2D eigenvalue weighted by Crippen LogP contribution is -2.26. The Morgan fingerprint density at radius 1 is 1.53 bits per heavy atom. The molecule has 0 fully saturated rings. The molecule has 0 aliphatic carbocycles. The number of nitrogens with zero attached hydrogens (tertiary/aromatic N) is 2. The summed E-state index contributed by atoms with van der Waals surface area (Å²) in [5.74, 6) is 0.819. The van der Waals surface area contributed by atoms with E-state index in [0.717, 1.165) is 24.5 Å². The van der Waals surface area contributed by atoms with Gasteiger partial charge in [0, 0.05) is 25.4 Å². The molecular weight excluding hydrogens is 192 g/mol. The van der Waals surface area contributed by atoms with Crippen molar-refractivity contribution in [3.8, 4) is 5.75 Å². The molecule has 0 saturated heterocycles. The molecule has 0 spiro atoms. The summed E-state index contributed by atoms with van der Waals surface area (Å²) in [5, 5.41) is 8.86. The summed E-state index contributed by atoms with van der Waals surface area (Å²) < 4.78 is 5.12. The van der Waals surface area contributed by atoms with Crippen molar-refractivity contribution < 1.29 is 9.84 Å². The summed E-state index contributed by atoms with van der Waals surface area (Å²) in [5.41, 5.74) is 0.963. The van der Waals surface area contributed by atoms with Gasteiger partial charge in [0.05, 0.1) is 19.4 Å². The number of pyridine rings is 1. The minimum atomic E-state index is 0.178. The monoisotopic (exact) mass is 210 g/mol. The zero-order valence-electron chi connectivity index (χ0n) is 9.31. The van der Waals surface area contributed by atoms with E-state index in [4.69, 9.17) is 9.84 Å². The largest absolute Gasteiger partial charge is 0.497 e. The van der Waals surface area contributed by atoms with Gasteiger partial charge < -0.3 is 9.84 Å². The Kier molecular flexibility index (Phi) is 5.07. The topological polar surface area (TPSA) is 45.6 Å². The van der Waals surface area contributed by atoms with Gasteiger partial charge in [-0.1, -0.05) is 6.92 Å². The summed E-state index contributed by atoms with van der Waals surface area (Å²) in [4.78, 5) is 6.38. The maximum atomic E-state index is 8.86. The van der Waals surface area contributed by atoms with Gasteiger partial charge in [-0.3, -0.25) is 9.88 Å². The first-order valence-electron chi connectivity index (χ1n) is 5.12. The quantitative estimate of drug-likeness (QED) is 0.758. The molecule has 1 N–H and O–H groups in total. The van der Waals surface area contributed by atoms with Gasteiger partial charge in [-0.15, -0.1) is 0 Å². The van der Waals surface area contributed by atoms with Crippen molar-refractivity contribution in [2.75, 3.05) is 26.8 Å². The highest BCUT2D eigenvalue weighted by molar-refractivity contribution is 5.22. The first kappa shape index (κ1) is 11.9. The van der Waals surface area contributed by atoms with Crippen LogP contribution in [0.3, 0.4) is 0 Å². The summed E-state index contributed by atoms with van der Waals surface area (Å²) in [6.45, 7) is 4.57. The summed E-state index contributed by atoms with van der Waals surface area (Å²) in [7, 11) is 1.64. The molecule has 0 aromatic carbocycles. The molecule has 0 amide bonds. The van der Waals surface area contributed by atoms with Crippen LogP contribution in [0.4, 0.5) is 0 Å². The van der Waals surface area contributed by atoms with Crippen molar-refractivity contribution in [2.24, 2.45) is 0 Å². The number of ether oxygens (including phenoxy) is 1. The maximum Gasteiger partial charge on any atom is 0.122 e. The van der Waals surface area contributed by atoms with Crippen molar-refractivity contribution in [3.63, 3.8) is 0 Å². The molecule has 84 valence electrons. The molecule has 15 heavy (non-hydrogen) atoms. The fraction of sp³-hybridized carbons (Fsp3) is 0.545. The number of hydrogen-bond acceptors (Lipinski definition) is 4. The SMILES string of the molecule is CCN(CCO)Cc1cc(OC)ccn1. The molecule has 1 rings (SSSR count). The van der Waals surface area contributed by atoms with Gasteiger partial charge in [0.15, 0.2) is 0 Å². The van der Waals surface area contributed by atoms with Crippen molar-refractivity contribution in [1.82, 2.24) is 9.88 Å². The molecule has 0 bridgehead atoms. The minimum Gasteiger partial charge on any atom is -0.497 e. The maximum absolute atomic E-state index is 8.86. The molecule has 1 aromatic rings. The standard InChI is InChI=1S/C11H18N2O2/c1-3-13(6-7-14)9-10-8-11(15-2)4-5-12-10/h4-5,8,14H,3,6-7,9H2,1-2H3. The predicted octanol–water partition coefficient (Wildman–Crippen LogP) is 0.904. The van der Waals surface area contributed by atoms with Crippen LogP contribution < -0.4 is 4.74 Å². The van der Waals surface area contributed by atoms with Gasteiger partial charge in [-0.05, 0) is 12.6 Å². The molecule has 4 nitrogen and oxygen atoms in total. The van der Waals surface area contributed by atoms with E-state index in [9.17, 15) is 0 Å². The number of methoxy groups -OCH3 is 1. The van der Waals surface area contributed by atoms with Gasteiger partial charge in [0.25, 0.3) is 0 Å². The van der Waals surface area contributed by atoms with Gasteiger partial charge >= 0.3 is 0 Å². The van der Waals surface area contributed by atoms with Crippen LogP contribution in [-0.2, 0) is 6.54 Å². The van der Waals surface area contributed by atoms with E-state index in [1.54, 1.807) is 13.3 Å². The van der Waals surface area contributed by atoms with E-state index in [2.05, 4.69) is 16.8 Å². The van der Waals surface area contributed by atoms with E-state index in [0.29, 0.717) is 6.54 Å². The Morgan fingerprint density at radius 3 is 2.93 bits per heavy atom. The van der Waals surface area contributed by atoms with Crippen molar-refractivity contribution in [1.29, 1.82) is 0 Å². The second kappa shape index (κ2) is 6.37. The normalized spacial score (nSPS) is 10.7. The molecule has 0 aliphatic heterocycles. The van der Waals surface area contributed by atoms with Crippen LogP contribution in [0.15, 0.2) is 18.3 Å². The lowest BCUT2D eigenvalue weighted by Gasteiger charge is -2.18. The lowest BCUT2D eigenvalue weighted by atomic mass is 10.3. The smallest absolute Gasteiger partial charge is 0.122 e. The Bertz CT molecular complexity index is 292. The highest BCUT2D eigenvalue weighted by Crippen LogP contribution is 2.11. The molecule has 1 aromatic heterocycles. The van der Waals surface area contributed by atoms with Crippen LogP contribution in [0.5, 0.6) is 5.75 Å². The van der Waals surface area contributed by atoms with Gasteiger partial charge in [-0.2, -0.15) is 0 Å². The highest BCUT2D eigenvalue weighted by atomic mass is 16.5. The van der Waals surface area contributed by atoms with E-state index in [-0.39, 0.29) is 6.61 Å². The Morgan fingerprint density at radius 2 is 2.33 bits per heavy atom. The van der Waals surface area contributed by atoms with E-state index >= 15 is 0 Å². The third kappa shape index (κ3) is 3.85. The van der Waals surface area contributed by atoms with Gasteiger partial charge in [0.2, 0.25) is 0 Å². The van der Waals surface area contributed by atoms with Crippen LogP contribution in [-0.4, -0.2) is 41.8 Å². The van der Waals surface area contributed by atoms with Crippen molar-refractivity contribution >= 4 is 0 Å². The second-order valence-electron chi connectivity index (χ2n) is 3.28. The second-order valence-corrected chi connectivity index (χ2v) is 3.28. The Hall–Kier alpha value is -1.13. The van der Waals surface area contributed by atoms with E-state index in [1.807, 2.05) is 12.1 Å². The summed E-state index contributed by atoms with van der Waals surface area (Å²) in [6.07, 6.45) is 1.74. The van der Waals surface area contributed by atoms with Crippen molar-refractivity contribution in [3.05, 3.63) is 24.0 Å². The zero-order valence-corrected chi connectivity index (χ0v) is 9.31. The molecule has 0 unspecified atom stereocenters. The molecule has 0 atom stereocenters. The summed E-state index contributed by atoms with van der Waals surface area (Å²) in [6, 6.07) is 3.74. The minimum absolute atomic E-state index is 0.178. The lowest BCUT2D eigenvalue weighted by molar-refractivity contribution is 0.195. The fourth-order valence-electron chi connectivity index (χ4n) is 1.39. The number of rotatable bonds is 6. The highest BCUT2D eigenvalue weighted by Gasteiger charge is 2.04. The van der Waals surface area contributed by atoms with Crippen LogP contribution in [0.25, 0.3) is 0 Å². The first-order valence-corrected chi connectivity index (χ1v) is 5.12. The van der Waals surface area contributed by atoms with E-state index < -0.39 is 0 Å². The van der Waals surface area contributed by atoms with Gasteiger partial charge in [0.1, 0.15) is 5.75 Å². The third-order valence-electron chi connectivity index (χ3n) is 2.27.